The van der Waals surface area contributed by atoms with Gasteiger partial charge in [-0.15, -0.1) is 0 Å². The van der Waals surface area contributed by atoms with E-state index in [-0.39, 0.29) is 11.2 Å². The van der Waals surface area contributed by atoms with Crippen molar-refractivity contribution in [1.82, 2.24) is 0 Å². The van der Waals surface area contributed by atoms with Crippen LogP contribution >= 0.6 is 0 Å². The van der Waals surface area contributed by atoms with E-state index < -0.39 is 6.61 Å². The van der Waals surface area contributed by atoms with Gasteiger partial charge in [-0.2, -0.15) is 0 Å². The number of carbonyl (C=O) groups is 1. The third kappa shape index (κ3) is 3.03. The molecule has 0 saturated carbocycles. The first-order chi connectivity index (χ1) is 6.97. The van der Waals surface area contributed by atoms with E-state index in [2.05, 4.69) is 20.8 Å². The number of aliphatic hydroxyl groups is 1. The third-order valence-corrected chi connectivity index (χ3v) is 3.13. The summed E-state index contributed by atoms with van der Waals surface area (Å²) in [5.74, 6) is -0.225. The van der Waals surface area contributed by atoms with E-state index in [0.29, 0.717) is 0 Å². The maximum absolute atomic E-state index is 11.0. The zero-order valence-corrected chi connectivity index (χ0v) is 9.84. The molecule has 0 fully saturated rings. The van der Waals surface area contributed by atoms with Crippen molar-refractivity contribution in [2.45, 2.75) is 40.0 Å². The molecule has 15 heavy (non-hydrogen) atoms. The standard InChI is InChI=1S/C13H20O2/c1-10-5-4-8-13(2,3)12(10)7-6-11(15)9-14/h6-7,14H,4-5,8-9H2,1-3H3/b7-6+. The Labute approximate surface area is 91.7 Å². The molecule has 0 spiro atoms. The monoisotopic (exact) mass is 208 g/mol. The summed E-state index contributed by atoms with van der Waals surface area (Å²) in [4.78, 5) is 11.0. The van der Waals surface area contributed by atoms with E-state index in [1.54, 1.807) is 0 Å². The second-order valence-corrected chi connectivity index (χ2v) is 4.89. The summed E-state index contributed by atoms with van der Waals surface area (Å²) in [7, 11) is 0. The Hall–Kier alpha value is -0.890. The second kappa shape index (κ2) is 4.75. The van der Waals surface area contributed by atoms with Gasteiger partial charge in [-0.3, -0.25) is 4.79 Å². The minimum absolute atomic E-state index is 0.161. The minimum Gasteiger partial charge on any atom is -0.388 e. The summed E-state index contributed by atoms with van der Waals surface area (Å²) in [5.41, 5.74) is 2.79. The van der Waals surface area contributed by atoms with Crippen molar-refractivity contribution in [3.05, 3.63) is 23.3 Å². The number of ketones is 1. The molecule has 0 radical (unpaired) electrons. The fourth-order valence-corrected chi connectivity index (χ4v) is 2.24. The molecular formula is C13H20O2. The van der Waals surface area contributed by atoms with Crippen LogP contribution in [0.25, 0.3) is 0 Å². The molecule has 0 saturated heterocycles. The highest BCUT2D eigenvalue weighted by Crippen LogP contribution is 2.40. The quantitative estimate of drug-likeness (QED) is 0.724. The molecule has 0 aromatic carbocycles. The fraction of sp³-hybridized carbons (Fsp3) is 0.615. The summed E-state index contributed by atoms with van der Waals surface area (Å²) < 4.78 is 0. The van der Waals surface area contributed by atoms with Crippen molar-refractivity contribution >= 4 is 5.78 Å². The Morgan fingerprint density at radius 3 is 2.73 bits per heavy atom. The van der Waals surface area contributed by atoms with E-state index in [4.69, 9.17) is 5.11 Å². The zero-order chi connectivity index (χ0) is 11.5. The van der Waals surface area contributed by atoms with E-state index in [1.165, 1.54) is 23.6 Å². The lowest BCUT2D eigenvalue weighted by atomic mass is 9.72. The van der Waals surface area contributed by atoms with E-state index in [1.807, 2.05) is 6.08 Å². The van der Waals surface area contributed by atoms with Gasteiger partial charge in [0.15, 0.2) is 5.78 Å². The topological polar surface area (TPSA) is 37.3 Å². The summed E-state index contributed by atoms with van der Waals surface area (Å²) in [6.45, 7) is 6.14. The van der Waals surface area contributed by atoms with Gasteiger partial charge in [-0.25, -0.2) is 0 Å². The van der Waals surface area contributed by atoms with Crippen molar-refractivity contribution in [3.63, 3.8) is 0 Å². The molecule has 0 bridgehead atoms. The van der Waals surface area contributed by atoms with Gasteiger partial charge >= 0.3 is 0 Å². The molecule has 84 valence electrons. The Morgan fingerprint density at radius 2 is 2.20 bits per heavy atom. The number of carbonyl (C=O) groups excluding carboxylic acids is 1. The van der Waals surface area contributed by atoms with Crippen LogP contribution in [0.3, 0.4) is 0 Å². The average Bonchev–Trinajstić information content (AvgIpc) is 2.15. The van der Waals surface area contributed by atoms with Gasteiger partial charge in [-0.1, -0.05) is 25.5 Å². The van der Waals surface area contributed by atoms with Gasteiger partial charge in [0, 0.05) is 0 Å². The molecule has 2 nitrogen and oxygen atoms in total. The highest BCUT2D eigenvalue weighted by atomic mass is 16.3. The van der Waals surface area contributed by atoms with Crippen LogP contribution in [-0.2, 0) is 4.79 Å². The molecule has 1 rings (SSSR count). The molecule has 2 heteroatoms. The molecule has 0 aromatic rings. The van der Waals surface area contributed by atoms with Gasteiger partial charge in [-0.05, 0) is 43.3 Å². The SMILES string of the molecule is CC1=C(/C=C/C(=O)CO)C(C)(C)CCC1. The third-order valence-electron chi connectivity index (χ3n) is 3.13. The second-order valence-electron chi connectivity index (χ2n) is 4.89. The number of hydrogen-bond acceptors (Lipinski definition) is 2. The van der Waals surface area contributed by atoms with Crippen LogP contribution in [0.1, 0.15) is 40.0 Å². The first-order valence-corrected chi connectivity index (χ1v) is 5.49. The molecule has 0 aromatic heterocycles. The largest absolute Gasteiger partial charge is 0.388 e. The fourth-order valence-electron chi connectivity index (χ4n) is 2.24. The maximum atomic E-state index is 11.0. The van der Waals surface area contributed by atoms with Gasteiger partial charge in [0.1, 0.15) is 6.61 Å². The minimum atomic E-state index is -0.400. The molecule has 0 aliphatic heterocycles. The van der Waals surface area contributed by atoms with E-state index >= 15 is 0 Å². The lowest BCUT2D eigenvalue weighted by Gasteiger charge is -2.32. The van der Waals surface area contributed by atoms with Crippen molar-refractivity contribution in [2.75, 3.05) is 6.61 Å². The smallest absolute Gasteiger partial charge is 0.181 e. The van der Waals surface area contributed by atoms with Crippen LogP contribution in [0, 0.1) is 5.41 Å². The molecule has 1 N–H and O–H groups in total. The predicted molar refractivity (Wildman–Crippen MR) is 61.6 cm³/mol. The van der Waals surface area contributed by atoms with E-state index in [9.17, 15) is 4.79 Å². The first kappa shape index (κ1) is 12.2. The van der Waals surface area contributed by atoms with Crippen LogP contribution in [0.2, 0.25) is 0 Å². The molecular weight excluding hydrogens is 188 g/mol. The van der Waals surface area contributed by atoms with Crippen molar-refractivity contribution in [2.24, 2.45) is 5.41 Å². The summed E-state index contributed by atoms with van der Waals surface area (Å²) in [6.07, 6.45) is 6.89. The zero-order valence-electron chi connectivity index (χ0n) is 9.84. The van der Waals surface area contributed by atoms with Gasteiger partial charge in [0.05, 0.1) is 0 Å². The van der Waals surface area contributed by atoms with Crippen molar-refractivity contribution in [1.29, 1.82) is 0 Å². The molecule has 0 unspecified atom stereocenters. The van der Waals surface area contributed by atoms with Crippen molar-refractivity contribution in [3.8, 4) is 0 Å². The maximum Gasteiger partial charge on any atom is 0.181 e. The Bertz CT molecular complexity index is 308. The van der Waals surface area contributed by atoms with Crippen LogP contribution < -0.4 is 0 Å². The molecule has 1 aliphatic rings. The first-order valence-electron chi connectivity index (χ1n) is 5.49. The molecule has 1 aliphatic carbocycles. The highest BCUT2D eigenvalue weighted by Gasteiger charge is 2.26. The predicted octanol–water partition coefficient (Wildman–Crippen LogP) is 2.63. The van der Waals surface area contributed by atoms with Crippen molar-refractivity contribution < 1.29 is 9.90 Å². The van der Waals surface area contributed by atoms with E-state index in [0.717, 1.165) is 12.8 Å². The lowest BCUT2D eigenvalue weighted by molar-refractivity contribution is -0.117. The van der Waals surface area contributed by atoms with Gasteiger partial charge in [0.2, 0.25) is 0 Å². The number of rotatable bonds is 3. The average molecular weight is 208 g/mol. The number of aliphatic hydroxyl groups excluding tert-OH is 1. The van der Waals surface area contributed by atoms with Crippen LogP contribution in [0.5, 0.6) is 0 Å². The normalized spacial score (nSPS) is 21.1. The van der Waals surface area contributed by atoms with Gasteiger partial charge in [0.25, 0.3) is 0 Å². The highest BCUT2D eigenvalue weighted by molar-refractivity contribution is 5.91. The Balaban J connectivity index is 2.90. The van der Waals surface area contributed by atoms with Gasteiger partial charge < -0.3 is 5.11 Å². The number of hydrogen-bond donors (Lipinski definition) is 1. The molecule has 0 amide bonds. The molecule has 0 heterocycles. The molecule has 0 atom stereocenters. The van der Waals surface area contributed by atoms with Crippen LogP contribution in [0.4, 0.5) is 0 Å². The number of allylic oxidation sites excluding steroid dienone is 3. The Kier molecular flexibility index (Phi) is 3.86. The van der Waals surface area contributed by atoms with Crippen LogP contribution in [-0.4, -0.2) is 17.5 Å². The van der Waals surface area contributed by atoms with Crippen LogP contribution in [0.15, 0.2) is 23.3 Å². The summed E-state index contributed by atoms with van der Waals surface area (Å²) >= 11 is 0. The lowest BCUT2D eigenvalue weighted by Crippen LogP contribution is -2.19. The summed E-state index contributed by atoms with van der Waals surface area (Å²) in [5, 5.41) is 8.64. The Morgan fingerprint density at radius 1 is 1.53 bits per heavy atom. The summed E-state index contributed by atoms with van der Waals surface area (Å²) in [6, 6.07) is 0.